The van der Waals surface area contributed by atoms with Crippen molar-refractivity contribution < 1.29 is 18.8 Å². The van der Waals surface area contributed by atoms with Gasteiger partial charge >= 0.3 is 0 Å². The highest BCUT2D eigenvalue weighted by molar-refractivity contribution is 8.00. The molecule has 3 amide bonds. The van der Waals surface area contributed by atoms with Gasteiger partial charge in [0.25, 0.3) is 11.8 Å². The normalized spacial score (nSPS) is 11.7. The van der Waals surface area contributed by atoms with Crippen molar-refractivity contribution in [3.05, 3.63) is 167 Å². The SMILES string of the molecule is CN(C)c1ccc(/C=C(/NC(=O)c2ccccc2)C(=O)Nc2cccc(SC(C(=O)Nc3nc(-c4ccc(F)cc4)cs3)c3ccccc3)c2)cc1. The van der Waals surface area contributed by atoms with Gasteiger partial charge in [-0.2, -0.15) is 0 Å². The quantitative estimate of drug-likeness (QED) is 0.0860. The average Bonchev–Trinajstić information content (AvgIpc) is 3.63. The fourth-order valence-corrected chi connectivity index (χ4v) is 6.92. The molecular weight excluding hydrogens is 694 g/mol. The molecule has 1 heterocycles. The molecular formula is C41H34FN5O3S2. The zero-order valence-electron chi connectivity index (χ0n) is 28.2. The maximum atomic E-state index is 13.8. The summed E-state index contributed by atoms with van der Waals surface area (Å²) >= 11 is 2.60. The Labute approximate surface area is 309 Å². The monoisotopic (exact) mass is 727 g/mol. The molecule has 0 aliphatic rings. The first kappa shape index (κ1) is 35.8. The van der Waals surface area contributed by atoms with Crippen LogP contribution in [-0.2, 0) is 9.59 Å². The maximum Gasteiger partial charge on any atom is 0.272 e. The number of carbonyl (C=O) groups excluding carboxylic acids is 3. The van der Waals surface area contributed by atoms with Crippen LogP contribution in [0.25, 0.3) is 17.3 Å². The molecule has 3 N–H and O–H groups in total. The van der Waals surface area contributed by atoms with E-state index in [0.29, 0.717) is 22.1 Å². The minimum Gasteiger partial charge on any atom is -0.378 e. The van der Waals surface area contributed by atoms with Gasteiger partial charge < -0.3 is 20.9 Å². The molecule has 0 aliphatic carbocycles. The zero-order chi connectivity index (χ0) is 36.5. The van der Waals surface area contributed by atoms with Crippen molar-refractivity contribution in [2.24, 2.45) is 0 Å². The highest BCUT2D eigenvalue weighted by Gasteiger charge is 2.24. The van der Waals surface area contributed by atoms with Crippen LogP contribution < -0.4 is 20.9 Å². The van der Waals surface area contributed by atoms with Gasteiger partial charge in [-0.3, -0.25) is 14.4 Å². The molecule has 8 nitrogen and oxygen atoms in total. The predicted octanol–water partition coefficient (Wildman–Crippen LogP) is 8.90. The Morgan fingerprint density at radius 2 is 1.50 bits per heavy atom. The summed E-state index contributed by atoms with van der Waals surface area (Å²) in [7, 11) is 3.89. The van der Waals surface area contributed by atoms with Gasteiger partial charge in [-0.25, -0.2) is 9.37 Å². The van der Waals surface area contributed by atoms with E-state index in [-0.39, 0.29) is 17.4 Å². The number of nitrogens with zero attached hydrogens (tertiary/aromatic N) is 2. The van der Waals surface area contributed by atoms with E-state index in [1.165, 1.54) is 35.2 Å². The van der Waals surface area contributed by atoms with Gasteiger partial charge in [0.1, 0.15) is 16.8 Å². The number of hydrogen-bond acceptors (Lipinski definition) is 7. The zero-order valence-corrected chi connectivity index (χ0v) is 29.9. The number of anilines is 3. The highest BCUT2D eigenvalue weighted by Crippen LogP contribution is 2.38. The lowest BCUT2D eigenvalue weighted by Crippen LogP contribution is -2.30. The minimum absolute atomic E-state index is 0.0644. The molecule has 11 heteroatoms. The van der Waals surface area contributed by atoms with Crippen LogP contribution in [0.15, 0.2) is 149 Å². The van der Waals surface area contributed by atoms with Crippen LogP contribution in [0.5, 0.6) is 0 Å². The Bertz CT molecular complexity index is 2190. The first-order chi connectivity index (χ1) is 25.2. The molecule has 5 aromatic carbocycles. The van der Waals surface area contributed by atoms with E-state index in [4.69, 9.17) is 0 Å². The highest BCUT2D eigenvalue weighted by atomic mass is 32.2. The van der Waals surface area contributed by atoms with Crippen molar-refractivity contribution in [1.82, 2.24) is 10.3 Å². The van der Waals surface area contributed by atoms with E-state index in [9.17, 15) is 18.8 Å². The van der Waals surface area contributed by atoms with Crippen LogP contribution in [0.2, 0.25) is 0 Å². The fraction of sp³-hybridized carbons (Fsp3) is 0.0732. The summed E-state index contributed by atoms with van der Waals surface area (Å²) in [5.74, 6) is -1.55. The number of hydrogen-bond donors (Lipinski definition) is 3. The van der Waals surface area contributed by atoms with Gasteiger partial charge in [0.2, 0.25) is 5.91 Å². The van der Waals surface area contributed by atoms with Gasteiger partial charge in [-0.1, -0.05) is 66.7 Å². The lowest BCUT2D eigenvalue weighted by atomic mass is 10.1. The number of nitrogens with one attached hydrogen (secondary N) is 3. The minimum atomic E-state index is -0.656. The molecule has 0 saturated carbocycles. The number of rotatable bonds is 12. The number of thiazole rings is 1. The Balaban J connectivity index is 1.21. The molecule has 0 bridgehead atoms. The lowest BCUT2D eigenvalue weighted by Gasteiger charge is -2.17. The second-order valence-electron chi connectivity index (χ2n) is 11.8. The topological polar surface area (TPSA) is 103 Å². The van der Waals surface area contributed by atoms with E-state index in [2.05, 4.69) is 20.9 Å². The summed E-state index contributed by atoms with van der Waals surface area (Å²) in [6.07, 6.45) is 1.63. The van der Waals surface area contributed by atoms with Crippen LogP contribution in [0.4, 0.5) is 20.9 Å². The Morgan fingerprint density at radius 3 is 2.19 bits per heavy atom. The standard InChI is InChI=1S/C41H34FN5O3S2/c1-47(2)33-22-16-27(17-23-33)24-35(44-38(48)30-12-7-4-8-13-30)39(49)43-32-14-9-15-34(25-32)52-37(29-10-5-3-6-11-29)40(50)46-41-45-36(26-51-41)28-18-20-31(42)21-19-28/h3-26,37H,1-2H3,(H,43,49)(H,44,48)(H,45,46,50)/b35-24+. The summed E-state index contributed by atoms with van der Waals surface area (Å²) in [5, 5.41) is 10.2. The Kier molecular flexibility index (Phi) is 11.5. The molecule has 52 heavy (non-hydrogen) atoms. The van der Waals surface area contributed by atoms with Crippen LogP contribution in [0, 0.1) is 5.82 Å². The molecule has 6 aromatic rings. The van der Waals surface area contributed by atoms with E-state index < -0.39 is 17.1 Å². The largest absolute Gasteiger partial charge is 0.378 e. The first-order valence-corrected chi connectivity index (χ1v) is 18.0. The van der Waals surface area contributed by atoms with Gasteiger partial charge in [-0.15, -0.1) is 23.1 Å². The van der Waals surface area contributed by atoms with Crippen molar-refractivity contribution in [2.45, 2.75) is 10.1 Å². The van der Waals surface area contributed by atoms with Crippen LogP contribution in [-0.4, -0.2) is 36.8 Å². The molecule has 1 unspecified atom stereocenters. The number of thioether (sulfide) groups is 1. The van der Waals surface area contributed by atoms with Crippen molar-refractivity contribution in [2.75, 3.05) is 29.6 Å². The van der Waals surface area contributed by atoms with Gasteiger partial charge in [-0.05, 0) is 83.9 Å². The van der Waals surface area contributed by atoms with Crippen molar-refractivity contribution in [3.63, 3.8) is 0 Å². The second kappa shape index (κ2) is 16.8. The molecule has 0 saturated heterocycles. The molecule has 260 valence electrons. The number of benzene rings is 5. The van der Waals surface area contributed by atoms with Gasteiger partial charge in [0.05, 0.1) is 5.69 Å². The smallest absolute Gasteiger partial charge is 0.272 e. The first-order valence-electron chi connectivity index (χ1n) is 16.2. The van der Waals surface area contributed by atoms with Crippen molar-refractivity contribution in [3.8, 4) is 11.3 Å². The third-order valence-corrected chi connectivity index (χ3v) is 9.82. The molecule has 6 rings (SSSR count). The second-order valence-corrected chi connectivity index (χ2v) is 13.8. The summed E-state index contributed by atoms with van der Waals surface area (Å²) in [4.78, 5) is 47.9. The summed E-state index contributed by atoms with van der Waals surface area (Å²) in [6.45, 7) is 0. The van der Waals surface area contributed by atoms with E-state index in [1.54, 1.807) is 60.7 Å². The molecule has 0 aliphatic heterocycles. The molecule has 0 radical (unpaired) electrons. The average molecular weight is 728 g/mol. The summed E-state index contributed by atoms with van der Waals surface area (Å²) in [6, 6.07) is 38.9. The number of aromatic nitrogens is 1. The molecule has 0 fully saturated rings. The maximum absolute atomic E-state index is 13.8. The van der Waals surface area contributed by atoms with Gasteiger partial charge in [0.15, 0.2) is 5.13 Å². The third-order valence-electron chi connectivity index (χ3n) is 7.81. The Morgan fingerprint density at radius 1 is 0.808 bits per heavy atom. The summed E-state index contributed by atoms with van der Waals surface area (Å²) in [5.41, 5.74) is 4.84. The number of carbonyl (C=O) groups is 3. The summed E-state index contributed by atoms with van der Waals surface area (Å²) < 4.78 is 13.4. The molecule has 0 spiro atoms. The Hall–Kier alpha value is -6.04. The van der Waals surface area contributed by atoms with E-state index in [0.717, 1.165) is 27.3 Å². The van der Waals surface area contributed by atoms with Crippen LogP contribution in [0.1, 0.15) is 26.7 Å². The van der Waals surface area contributed by atoms with Crippen molar-refractivity contribution in [1.29, 1.82) is 0 Å². The van der Waals surface area contributed by atoms with Crippen molar-refractivity contribution >= 4 is 63.4 Å². The van der Waals surface area contributed by atoms with Gasteiger partial charge in [0, 0.05) is 46.9 Å². The predicted molar refractivity (Wildman–Crippen MR) is 209 cm³/mol. The van der Waals surface area contributed by atoms with E-state index >= 15 is 0 Å². The van der Waals surface area contributed by atoms with Crippen LogP contribution in [0.3, 0.4) is 0 Å². The lowest BCUT2D eigenvalue weighted by molar-refractivity contribution is -0.116. The van der Waals surface area contributed by atoms with Crippen LogP contribution >= 0.6 is 23.1 Å². The molecule has 1 aromatic heterocycles. The third kappa shape index (κ3) is 9.39. The number of halogens is 1. The fourth-order valence-electron chi connectivity index (χ4n) is 5.12. The number of amides is 3. The van der Waals surface area contributed by atoms with E-state index in [1.807, 2.05) is 91.1 Å². The molecule has 1 atom stereocenters.